The van der Waals surface area contributed by atoms with Crippen molar-refractivity contribution in [3.63, 3.8) is 0 Å². The number of benzene rings is 1. The Bertz CT molecular complexity index is 417. The Labute approximate surface area is 124 Å². The van der Waals surface area contributed by atoms with Gasteiger partial charge in [0.15, 0.2) is 0 Å². The zero-order valence-electron chi connectivity index (χ0n) is 13.8. The van der Waals surface area contributed by atoms with Crippen molar-refractivity contribution in [2.24, 2.45) is 11.7 Å². The number of methoxy groups -OCH3 is 1. The molecule has 114 valence electrons. The fourth-order valence-electron chi connectivity index (χ4n) is 2.30. The van der Waals surface area contributed by atoms with Gasteiger partial charge in [-0.3, -0.25) is 4.90 Å². The van der Waals surface area contributed by atoms with Gasteiger partial charge in [0.1, 0.15) is 5.75 Å². The molecule has 20 heavy (non-hydrogen) atoms. The molecule has 0 aliphatic carbocycles. The van der Waals surface area contributed by atoms with Gasteiger partial charge in [-0.25, -0.2) is 0 Å². The summed E-state index contributed by atoms with van der Waals surface area (Å²) in [7, 11) is 3.88. The quantitative estimate of drug-likeness (QED) is 0.831. The smallest absolute Gasteiger partial charge is 0.123 e. The minimum absolute atomic E-state index is 0.268. The van der Waals surface area contributed by atoms with Crippen LogP contribution in [0.2, 0.25) is 0 Å². The summed E-state index contributed by atoms with van der Waals surface area (Å²) in [5.41, 5.74) is 8.64. The number of aryl methyl sites for hydroxylation is 1. The fourth-order valence-corrected chi connectivity index (χ4v) is 2.30. The molecule has 0 radical (unpaired) electrons. The second kappa shape index (κ2) is 7.65. The molecule has 1 aromatic rings. The highest BCUT2D eigenvalue weighted by Gasteiger charge is 2.17. The van der Waals surface area contributed by atoms with E-state index in [2.05, 4.69) is 57.8 Å². The molecule has 0 aromatic heterocycles. The van der Waals surface area contributed by atoms with E-state index in [1.807, 2.05) is 0 Å². The first-order chi connectivity index (χ1) is 9.36. The highest BCUT2D eigenvalue weighted by Crippen LogP contribution is 2.29. The molecule has 2 N–H and O–H groups in total. The summed E-state index contributed by atoms with van der Waals surface area (Å²) in [6.45, 7) is 9.69. The summed E-state index contributed by atoms with van der Waals surface area (Å²) in [6, 6.07) is 6.94. The van der Waals surface area contributed by atoms with E-state index < -0.39 is 0 Å². The second-order valence-electron chi connectivity index (χ2n) is 6.10. The van der Waals surface area contributed by atoms with Crippen LogP contribution in [0.3, 0.4) is 0 Å². The minimum atomic E-state index is 0.268. The van der Waals surface area contributed by atoms with Crippen LogP contribution in [0.1, 0.15) is 44.4 Å². The maximum absolute atomic E-state index is 6.13. The van der Waals surface area contributed by atoms with Gasteiger partial charge in [-0.15, -0.1) is 0 Å². The minimum Gasteiger partial charge on any atom is -0.496 e. The Morgan fingerprint density at radius 2 is 1.90 bits per heavy atom. The van der Waals surface area contributed by atoms with Crippen LogP contribution in [-0.4, -0.2) is 31.6 Å². The average molecular weight is 278 g/mol. The topological polar surface area (TPSA) is 38.5 Å². The maximum Gasteiger partial charge on any atom is 0.123 e. The van der Waals surface area contributed by atoms with Gasteiger partial charge in [0, 0.05) is 17.6 Å². The summed E-state index contributed by atoms with van der Waals surface area (Å²) < 4.78 is 5.48. The third-order valence-corrected chi connectivity index (χ3v) is 4.17. The molecule has 0 spiro atoms. The molecular formula is C17H30N2O. The van der Waals surface area contributed by atoms with Gasteiger partial charge in [-0.1, -0.05) is 31.5 Å². The van der Waals surface area contributed by atoms with Crippen LogP contribution in [0.25, 0.3) is 0 Å². The van der Waals surface area contributed by atoms with Crippen LogP contribution >= 0.6 is 0 Å². The first-order valence-corrected chi connectivity index (χ1v) is 7.47. The predicted molar refractivity (Wildman–Crippen MR) is 86.2 cm³/mol. The largest absolute Gasteiger partial charge is 0.496 e. The van der Waals surface area contributed by atoms with E-state index in [-0.39, 0.29) is 6.04 Å². The third kappa shape index (κ3) is 4.50. The van der Waals surface area contributed by atoms with E-state index in [0.717, 1.165) is 18.7 Å². The first-order valence-electron chi connectivity index (χ1n) is 7.47. The Kier molecular flexibility index (Phi) is 6.50. The van der Waals surface area contributed by atoms with Gasteiger partial charge >= 0.3 is 0 Å². The normalized spacial score (nSPS) is 14.7. The van der Waals surface area contributed by atoms with Gasteiger partial charge < -0.3 is 10.5 Å². The number of nitrogens with zero attached hydrogens (tertiary/aromatic N) is 1. The van der Waals surface area contributed by atoms with Gasteiger partial charge in [0.25, 0.3) is 0 Å². The molecule has 1 rings (SSSR count). The standard InChI is InChI=1S/C17H30N2O/c1-12(2)16(18)9-10-19(5)14(4)15-11-13(3)7-8-17(15)20-6/h7-8,11-12,14,16H,9-10,18H2,1-6H3. The van der Waals surface area contributed by atoms with E-state index >= 15 is 0 Å². The molecule has 2 atom stereocenters. The third-order valence-electron chi connectivity index (χ3n) is 4.17. The van der Waals surface area contributed by atoms with Crippen LogP contribution < -0.4 is 10.5 Å². The van der Waals surface area contributed by atoms with Crippen molar-refractivity contribution in [3.8, 4) is 5.75 Å². The lowest BCUT2D eigenvalue weighted by Gasteiger charge is -2.28. The van der Waals surface area contributed by atoms with Crippen LogP contribution in [0.4, 0.5) is 0 Å². The lowest BCUT2D eigenvalue weighted by atomic mass is 10.00. The highest BCUT2D eigenvalue weighted by atomic mass is 16.5. The second-order valence-corrected chi connectivity index (χ2v) is 6.10. The van der Waals surface area contributed by atoms with Crippen molar-refractivity contribution in [1.29, 1.82) is 0 Å². The molecule has 0 heterocycles. The van der Waals surface area contributed by atoms with Crippen LogP contribution in [0.15, 0.2) is 18.2 Å². The zero-order chi connectivity index (χ0) is 15.3. The van der Waals surface area contributed by atoms with Crippen LogP contribution in [0, 0.1) is 12.8 Å². The summed E-state index contributed by atoms with van der Waals surface area (Å²) in [5.74, 6) is 1.50. The van der Waals surface area contributed by atoms with Crippen LogP contribution in [0.5, 0.6) is 5.75 Å². The monoisotopic (exact) mass is 278 g/mol. The average Bonchev–Trinajstić information content (AvgIpc) is 2.43. The number of nitrogens with two attached hydrogens (primary N) is 1. The lowest BCUT2D eigenvalue weighted by Crippen LogP contribution is -2.33. The van der Waals surface area contributed by atoms with Gasteiger partial charge in [0.05, 0.1) is 7.11 Å². The van der Waals surface area contributed by atoms with E-state index in [0.29, 0.717) is 12.0 Å². The summed E-state index contributed by atoms with van der Waals surface area (Å²) >= 11 is 0. The molecule has 0 saturated heterocycles. The predicted octanol–water partition coefficient (Wildman–Crippen LogP) is 3.37. The van der Waals surface area contributed by atoms with Crippen molar-refractivity contribution in [2.45, 2.75) is 46.2 Å². The zero-order valence-corrected chi connectivity index (χ0v) is 13.8. The van der Waals surface area contributed by atoms with Crippen molar-refractivity contribution < 1.29 is 4.74 Å². The Morgan fingerprint density at radius 1 is 1.25 bits per heavy atom. The molecule has 0 fully saturated rings. The van der Waals surface area contributed by atoms with E-state index in [9.17, 15) is 0 Å². The molecule has 0 aliphatic rings. The van der Waals surface area contributed by atoms with Gasteiger partial charge in [0.2, 0.25) is 0 Å². The molecule has 1 aromatic carbocycles. The maximum atomic E-state index is 6.13. The molecule has 0 bridgehead atoms. The Hall–Kier alpha value is -1.06. The summed E-state index contributed by atoms with van der Waals surface area (Å²) in [5, 5.41) is 0. The van der Waals surface area contributed by atoms with Crippen LogP contribution in [-0.2, 0) is 0 Å². The van der Waals surface area contributed by atoms with E-state index in [1.165, 1.54) is 11.1 Å². The number of ether oxygens (including phenoxy) is 1. The molecule has 0 amide bonds. The Morgan fingerprint density at radius 3 is 2.45 bits per heavy atom. The summed E-state index contributed by atoms with van der Waals surface area (Å²) in [4.78, 5) is 2.35. The first kappa shape index (κ1) is 17.0. The number of hydrogen-bond donors (Lipinski definition) is 1. The molecule has 2 unspecified atom stereocenters. The molecule has 3 nitrogen and oxygen atoms in total. The van der Waals surface area contributed by atoms with E-state index in [1.54, 1.807) is 7.11 Å². The highest BCUT2D eigenvalue weighted by molar-refractivity contribution is 5.38. The molecular weight excluding hydrogens is 248 g/mol. The number of rotatable bonds is 7. The van der Waals surface area contributed by atoms with Gasteiger partial charge in [-0.2, -0.15) is 0 Å². The van der Waals surface area contributed by atoms with Crippen molar-refractivity contribution in [2.75, 3.05) is 20.7 Å². The van der Waals surface area contributed by atoms with Crippen molar-refractivity contribution in [3.05, 3.63) is 29.3 Å². The molecule has 3 heteroatoms. The summed E-state index contributed by atoms with van der Waals surface area (Å²) in [6.07, 6.45) is 1.02. The Balaban J connectivity index is 2.73. The SMILES string of the molecule is COc1ccc(C)cc1C(C)N(C)CCC(N)C(C)C. The van der Waals surface area contributed by atoms with Crippen molar-refractivity contribution in [1.82, 2.24) is 4.90 Å². The molecule has 0 aliphatic heterocycles. The fraction of sp³-hybridized carbons (Fsp3) is 0.647. The number of hydrogen-bond acceptors (Lipinski definition) is 3. The van der Waals surface area contributed by atoms with Crippen molar-refractivity contribution >= 4 is 0 Å². The lowest BCUT2D eigenvalue weighted by molar-refractivity contribution is 0.238. The molecule has 0 saturated carbocycles. The van der Waals surface area contributed by atoms with Gasteiger partial charge in [-0.05, 0) is 45.8 Å². The van der Waals surface area contributed by atoms with E-state index in [4.69, 9.17) is 10.5 Å².